The Kier molecular flexibility index (Phi) is 7.66. The number of carbonyl (C=O) groups excluding carboxylic acids is 2. The SMILES string of the molecule is CCOC(=O)[C@@H]1/C(=N/O)C[C@](C)(O)[C@H](C(=O)OCC)[C@H]1c1ccc(OC)c(OC)c1. The lowest BCUT2D eigenvalue weighted by atomic mass is 9.61. The van der Waals surface area contributed by atoms with Crippen molar-refractivity contribution in [2.45, 2.75) is 38.7 Å². The van der Waals surface area contributed by atoms with Gasteiger partial charge in [-0.05, 0) is 38.5 Å². The molecule has 30 heavy (non-hydrogen) atoms. The molecule has 1 aliphatic carbocycles. The second-order valence-corrected chi connectivity index (χ2v) is 7.22. The van der Waals surface area contributed by atoms with E-state index in [2.05, 4.69) is 5.16 Å². The van der Waals surface area contributed by atoms with E-state index in [9.17, 15) is 19.9 Å². The number of benzene rings is 1. The minimum atomic E-state index is -1.63. The fourth-order valence-electron chi connectivity index (χ4n) is 4.06. The van der Waals surface area contributed by atoms with Crippen LogP contribution in [0.1, 0.15) is 38.7 Å². The van der Waals surface area contributed by atoms with Crippen LogP contribution in [0.25, 0.3) is 0 Å². The van der Waals surface area contributed by atoms with E-state index in [-0.39, 0.29) is 25.3 Å². The summed E-state index contributed by atoms with van der Waals surface area (Å²) in [6, 6.07) is 4.93. The third kappa shape index (κ3) is 4.51. The molecule has 0 aliphatic heterocycles. The number of nitrogens with zero attached hydrogens (tertiary/aromatic N) is 1. The third-order valence-electron chi connectivity index (χ3n) is 5.29. The predicted octanol–water partition coefficient (Wildman–Crippen LogP) is 2.13. The van der Waals surface area contributed by atoms with E-state index in [1.54, 1.807) is 32.0 Å². The van der Waals surface area contributed by atoms with Gasteiger partial charge in [0.15, 0.2) is 11.5 Å². The maximum Gasteiger partial charge on any atom is 0.315 e. The Bertz CT molecular complexity index is 804. The highest BCUT2D eigenvalue weighted by Gasteiger charge is 2.56. The van der Waals surface area contributed by atoms with E-state index in [1.165, 1.54) is 21.1 Å². The summed E-state index contributed by atoms with van der Waals surface area (Å²) in [5, 5.41) is 24.0. The number of carbonyl (C=O) groups is 2. The van der Waals surface area contributed by atoms with Crippen molar-refractivity contribution >= 4 is 17.7 Å². The molecule has 0 radical (unpaired) electrons. The maximum atomic E-state index is 12.9. The summed E-state index contributed by atoms with van der Waals surface area (Å²) in [4.78, 5) is 25.8. The standard InChI is InChI=1S/C21H29NO8/c1-6-29-19(23)17-13(22-26)11-21(3,25)18(20(24)30-7-2)16(17)12-8-9-14(27-4)15(10-12)28-5/h8-10,16-18,25-26H,6-7,11H2,1-5H3/b22-13+/t16-,17+,18-,21-/m0/s1. The summed E-state index contributed by atoms with van der Waals surface area (Å²) >= 11 is 0. The smallest absolute Gasteiger partial charge is 0.315 e. The van der Waals surface area contributed by atoms with Crippen molar-refractivity contribution in [3.05, 3.63) is 23.8 Å². The van der Waals surface area contributed by atoms with E-state index in [0.717, 1.165) is 0 Å². The monoisotopic (exact) mass is 423 g/mol. The number of ether oxygens (including phenoxy) is 4. The van der Waals surface area contributed by atoms with Crippen molar-refractivity contribution in [1.82, 2.24) is 0 Å². The van der Waals surface area contributed by atoms with E-state index in [0.29, 0.717) is 17.1 Å². The van der Waals surface area contributed by atoms with Crippen molar-refractivity contribution < 1.29 is 38.9 Å². The first-order valence-electron chi connectivity index (χ1n) is 9.74. The molecule has 166 valence electrons. The van der Waals surface area contributed by atoms with Crippen LogP contribution < -0.4 is 9.47 Å². The number of rotatable bonds is 7. The second-order valence-electron chi connectivity index (χ2n) is 7.22. The molecule has 9 nitrogen and oxygen atoms in total. The molecule has 0 unspecified atom stereocenters. The average Bonchev–Trinajstić information content (AvgIpc) is 2.71. The summed E-state index contributed by atoms with van der Waals surface area (Å²) in [6.45, 7) is 4.97. The Balaban J connectivity index is 2.73. The summed E-state index contributed by atoms with van der Waals surface area (Å²) in [7, 11) is 2.95. The van der Waals surface area contributed by atoms with Crippen LogP contribution in [0.5, 0.6) is 11.5 Å². The molecule has 0 heterocycles. The normalized spacial score (nSPS) is 27.4. The third-order valence-corrected chi connectivity index (χ3v) is 5.29. The van der Waals surface area contributed by atoms with Gasteiger partial charge in [-0.1, -0.05) is 11.2 Å². The van der Waals surface area contributed by atoms with Crippen molar-refractivity contribution in [3.63, 3.8) is 0 Å². The minimum absolute atomic E-state index is 0.0267. The minimum Gasteiger partial charge on any atom is -0.493 e. The molecule has 1 fully saturated rings. The summed E-state index contributed by atoms with van der Waals surface area (Å²) in [6.07, 6.45) is -0.194. The fourth-order valence-corrected chi connectivity index (χ4v) is 4.06. The zero-order valence-corrected chi connectivity index (χ0v) is 17.9. The average molecular weight is 423 g/mol. The quantitative estimate of drug-likeness (QED) is 0.388. The van der Waals surface area contributed by atoms with Gasteiger partial charge in [0.1, 0.15) is 5.92 Å². The first-order chi connectivity index (χ1) is 14.2. The van der Waals surface area contributed by atoms with E-state index in [4.69, 9.17) is 18.9 Å². The van der Waals surface area contributed by atoms with Gasteiger partial charge in [-0.25, -0.2) is 0 Å². The van der Waals surface area contributed by atoms with E-state index in [1.807, 2.05) is 0 Å². The summed E-state index contributed by atoms with van der Waals surface area (Å²) in [5.74, 6) is -3.60. The highest BCUT2D eigenvalue weighted by atomic mass is 16.5. The van der Waals surface area contributed by atoms with Crippen molar-refractivity contribution in [2.24, 2.45) is 17.0 Å². The Hall–Kier alpha value is -2.81. The summed E-state index contributed by atoms with van der Waals surface area (Å²) < 4.78 is 21.0. The topological polar surface area (TPSA) is 124 Å². The lowest BCUT2D eigenvalue weighted by Gasteiger charge is -2.44. The Morgan fingerprint density at radius 1 is 1.10 bits per heavy atom. The van der Waals surface area contributed by atoms with Gasteiger partial charge in [-0.15, -0.1) is 0 Å². The largest absolute Gasteiger partial charge is 0.493 e. The number of hydrogen-bond acceptors (Lipinski definition) is 9. The van der Waals surface area contributed by atoms with Crippen LogP contribution in [-0.2, 0) is 19.1 Å². The second kappa shape index (κ2) is 9.80. The molecule has 9 heteroatoms. The van der Waals surface area contributed by atoms with Gasteiger partial charge in [0.2, 0.25) is 0 Å². The van der Waals surface area contributed by atoms with E-state index >= 15 is 0 Å². The number of aliphatic hydroxyl groups is 1. The Morgan fingerprint density at radius 3 is 2.23 bits per heavy atom. The number of methoxy groups -OCH3 is 2. The van der Waals surface area contributed by atoms with Gasteiger partial charge < -0.3 is 29.3 Å². The highest BCUT2D eigenvalue weighted by Crippen LogP contribution is 2.48. The molecular formula is C21H29NO8. The molecule has 4 atom stereocenters. The van der Waals surface area contributed by atoms with Crippen LogP contribution in [-0.4, -0.2) is 61.0 Å². The van der Waals surface area contributed by atoms with Gasteiger partial charge in [0, 0.05) is 12.3 Å². The fraction of sp³-hybridized carbons (Fsp3) is 0.571. The number of esters is 2. The van der Waals surface area contributed by atoms with Crippen LogP contribution in [0.4, 0.5) is 0 Å². The number of oxime groups is 1. The zero-order valence-electron chi connectivity index (χ0n) is 17.9. The van der Waals surface area contributed by atoms with E-state index < -0.39 is 35.3 Å². The van der Waals surface area contributed by atoms with Crippen molar-refractivity contribution in [1.29, 1.82) is 0 Å². The molecular weight excluding hydrogens is 394 g/mol. The molecule has 0 bridgehead atoms. The number of hydrogen-bond donors (Lipinski definition) is 2. The first-order valence-corrected chi connectivity index (χ1v) is 9.74. The molecule has 2 rings (SSSR count). The van der Waals surface area contributed by atoms with Gasteiger partial charge >= 0.3 is 11.9 Å². The van der Waals surface area contributed by atoms with Crippen molar-refractivity contribution in [2.75, 3.05) is 27.4 Å². The van der Waals surface area contributed by atoms with Crippen LogP contribution in [0.2, 0.25) is 0 Å². The first kappa shape index (κ1) is 23.5. The Labute approximate surface area is 175 Å². The summed E-state index contributed by atoms with van der Waals surface area (Å²) in [5.41, 5.74) is -1.10. The van der Waals surface area contributed by atoms with Gasteiger partial charge in [-0.2, -0.15) is 0 Å². The lowest BCUT2D eigenvalue weighted by molar-refractivity contribution is -0.163. The molecule has 0 saturated heterocycles. The zero-order chi connectivity index (χ0) is 22.5. The van der Waals surface area contributed by atoms with Crippen LogP contribution >= 0.6 is 0 Å². The van der Waals surface area contributed by atoms with Crippen LogP contribution in [0, 0.1) is 11.8 Å². The van der Waals surface area contributed by atoms with Crippen molar-refractivity contribution in [3.8, 4) is 11.5 Å². The van der Waals surface area contributed by atoms with Gasteiger partial charge in [0.05, 0.1) is 44.7 Å². The molecule has 1 saturated carbocycles. The molecule has 1 aliphatic rings. The highest BCUT2D eigenvalue weighted by molar-refractivity contribution is 6.05. The lowest BCUT2D eigenvalue weighted by Crippen LogP contribution is -2.55. The molecule has 0 spiro atoms. The molecule has 1 aromatic carbocycles. The maximum absolute atomic E-state index is 12.9. The van der Waals surface area contributed by atoms with Crippen LogP contribution in [0.3, 0.4) is 0 Å². The molecule has 0 aromatic heterocycles. The van der Waals surface area contributed by atoms with Gasteiger partial charge in [-0.3, -0.25) is 9.59 Å². The van der Waals surface area contributed by atoms with Crippen LogP contribution in [0.15, 0.2) is 23.4 Å². The molecule has 0 amide bonds. The Morgan fingerprint density at radius 2 is 1.70 bits per heavy atom. The molecule has 1 aromatic rings. The molecule has 2 N–H and O–H groups in total. The predicted molar refractivity (Wildman–Crippen MR) is 107 cm³/mol. The van der Waals surface area contributed by atoms with Gasteiger partial charge in [0.25, 0.3) is 0 Å².